The van der Waals surface area contributed by atoms with Crippen LogP contribution in [0.15, 0.2) is 18.3 Å². The van der Waals surface area contributed by atoms with E-state index in [0.29, 0.717) is 11.7 Å². The molecular weight excluding hydrogens is 228 g/mol. The van der Waals surface area contributed by atoms with E-state index in [1.807, 2.05) is 12.1 Å². The maximum atomic E-state index is 7.56. The van der Waals surface area contributed by atoms with Gasteiger partial charge in [-0.15, -0.1) is 0 Å². The summed E-state index contributed by atoms with van der Waals surface area (Å²) in [5, 5.41) is 7.56. The van der Waals surface area contributed by atoms with Gasteiger partial charge in [-0.2, -0.15) is 0 Å². The topological polar surface area (TPSA) is 75.2 Å². The molecule has 1 aromatic rings. The van der Waals surface area contributed by atoms with Crippen LogP contribution in [-0.4, -0.2) is 41.0 Å². The van der Waals surface area contributed by atoms with Crippen LogP contribution < -0.4 is 5.73 Å². The fourth-order valence-corrected chi connectivity index (χ4v) is 2.22. The molecule has 98 valence electrons. The molecule has 0 aliphatic carbocycles. The average molecular weight is 248 g/mol. The number of morpholine rings is 1. The Hall–Kier alpha value is -1.46. The van der Waals surface area contributed by atoms with Gasteiger partial charge in [0.2, 0.25) is 0 Å². The number of ether oxygens (including phenoxy) is 1. The van der Waals surface area contributed by atoms with Crippen LogP contribution in [0.2, 0.25) is 0 Å². The highest BCUT2D eigenvalue weighted by molar-refractivity contribution is 5.94. The molecule has 0 amide bonds. The van der Waals surface area contributed by atoms with Crippen molar-refractivity contribution in [1.82, 2.24) is 9.88 Å². The predicted octanol–water partition coefficient (Wildman–Crippen LogP) is 0.975. The molecule has 2 unspecified atom stereocenters. The third-order valence-corrected chi connectivity index (χ3v) is 3.26. The Morgan fingerprint density at radius 3 is 3.11 bits per heavy atom. The second-order valence-electron chi connectivity index (χ2n) is 4.85. The molecular formula is C13H20N4O. The Bertz CT molecular complexity index is 435. The first-order valence-corrected chi connectivity index (χ1v) is 6.22. The first-order chi connectivity index (χ1) is 8.58. The van der Waals surface area contributed by atoms with E-state index in [2.05, 4.69) is 23.7 Å². The summed E-state index contributed by atoms with van der Waals surface area (Å²) >= 11 is 0. The molecule has 1 aliphatic heterocycles. The molecule has 1 fully saturated rings. The van der Waals surface area contributed by atoms with Crippen LogP contribution in [0.5, 0.6) is 0 Å². The minimum atomic E-state index is 0.0274. The minimum absolute atomic E-state index is 0.0274. The zero-order valence-electron chi connectivity index (χ0n) is 10.9. The molecule has 18 heavy (non-hydrogen) atoms. The van der Waals surface area contributed by atoms with Crippen molar-refractivity contribution in [2.45, 2.75) is 32.5 Å². The number of nitrogens with zero attached hydrogens (tertiary/aromatic N) is 2. The van der Waals surface area contributed by atoms with Crippen LogP contribution in [-0.2, 0) is 11.3 Å². The van der Waals surface area contributed by atoms with E-state index in [1.165, 1.54) is 0 Å². The van der Waals surface area contributed by atoms with Gasteiger partial charge < -0.3 is 10.5 Å². The second kappa shape index (κ2) is 5.46. The Labute approximate surface area is 107 Å². The normalized spacial score (nSPS) is 25.0. The van der Waals surface area contributed by atoms with Gasteiger partial charge in [-0.1, -0.05) is 6.07 Å². The van der Waals surface area contributed by atoms with Crippen molar-refractivity contribution in [3.63, 3.8) is 0 Å². The Kier molecular flexibility index (Phi) is 3.93. The molecule has 0 bridgehead atoms. The van der Waals surface area contributed by atoms with E-state index < -0.39 is 0 Å². The Morgan fingerprint density at radius 1 is 1.61 bits per heavy atom. The lowest BCUT2D eigenvalue weighted by molar-refractivity contribution is -0.0527. The van der Waals surface area contributed by atoms with Crippen molar-refractivity contribution in [3.8, 4) is 0 Å². The summed E-state index contributed by atoms with van der Waals surface area (Å²) in [5.74, 6) is 0.0274. The van der Waals surface area contributed by atoms with Crippen molar-refractivity contribution in [2.24, 2.45) is 5.73 Å². The lowest BCUT2D eigenvalue weighted by atomic mass is 10.1. The highest BCUT2D eigenvalue weighted by Crippen LogP contribution is 2.16. The van der Waals surface area contributed by atoms with Crippen LogP contribution in [0.1, 0.15) is 25.1 Å². The monoisotopic (exact) mass is 248 g/mol. The SMILES string of the molecule is CC1CN(Cc2cccnc2C(=N)N)C(C)CO1. The van der Waals surface area contributed by atoms with Crippen molar-refractivity contribution in [1.29, 1.82) is 5.41 Å². The van der Waals surface area contributed by atoms with Crippen LogP contribution in [0, 0.1) is 5.41 Å². The van der Waals surface area contributed by atoms with Crippen LogP contribution in [0.25, 0.3) is 0 Å². The number of amidine groups is 1. The number of aromatic nitrogens is 1. The van der Waals surface area contributed by atoms with Crippen LogP contribution in [0.3, 0.4) is 0 Å². The van der Waals surface area contributed by atoms with Gasteiger partial charge in [-0.3, -0.25) is 15.3 Å². The fraction of sp³-hybridized carbons (Fsp3) is 0.538. The van der Waals surface area contributed by atoms with Crippen LogP contribution >= 0.6 is 0 Å². The standard InChI is InChI=1S/C13H20N4O/c1-9-8-18-10(2)6-17(9)7-11-4-3-5-16-12(11)13(14)15/h3-5,9-10H,6-8H2,1-2H3,(H3,14,15). The molecule has 5 heteroatoms. The molecule has 2 atom stereocenters. The highest BCUT2D eigenvalue weighted by atomic mass is 16.5. The van der Waals surface area contributed by atoms with Crippen molar-refractivity contribution >= 4 is 5.84 Å². The number of rotatable bonds is 3. The molecule has 5 nitrogen and oxygen atoms in total. The molecule has 1 saturated heterocycles. The highest BCUT2D eigenvalue weighted by Gasteiger charge is 2.24. The lowest BCUT2D eigenvalue weighted by Crippen LogP contribution is -2.46. The fourth-order valence-electron chi connectivity index (χ4n) is 2.22. The lowest BCUT2D eigenvalue weighted by Gasteiger charge is -2.36. The minimum Gasteiger partial charge on any atom is -0.382 e. The molecule has 0 aromatic carbocycles. The van der Waals surface area contributed by atoms with Crippen molar-refractivity contribution < 1.29 is 4.74 Å². The predicted molar refractivity (Wildman–Crippen MR) is 70.5 cm³/mol. The van der Waals surface area contributed by atoms with Gasteiger partial charge in [0, 0.05) is 25.3 Å². The number of nitrogens with two attached hydrogens (primary N) is 1. The number of nitrogens with one attached hydrogen (secondary N) is 1. The van der Waals surface area contributed by atoms with E-state index in [-0.39, 0.29) is 11.9 Å². The smallest absolute Gasteiger partial charge is 0.142 e. The van der Waals surface area contributed by atoms with Crippen molar-refractivity contribution in [2.75, 3.05) is 13.2 Å². The summed E-state index contributed by atoms with van der Waals surface area (Å²) in [5.41, 5.74) is 7.15. The van der Waals surface area contributed by atoms with Crippen LogP contribution in [0.4, 0.5) is 0 Å². The third kappa shape index (κ3) is 2.86. The zero-order valence-corrected chi connectivity index (χ0v) is 10.9. The van der Waals surface area contributed by atoms with Gasteiger partial charge in [0.1, 0.15) is 11.5 Å². The Balaban J connectivity index is 2.15. The summed E-state index contributed by atoms with van der Waals surface area (Å²) in [6.45, 7) is 6.63. The summed E-state index contributed by atoms with van der Waals surface area (Å²) in [7, 11) is 0. The maximum absolute atomic E-state index is 7.56. The molecule has 0 spiro atoms. The van der Waals surface area contributed by atoms with Gasteiger partial charge in [-0.05, 0) is 25.5 Å². The number of hydrogen-bond donors (Lipinski definition) is 2. The van der Waals surface area contributed by atoms with E-state index >= 15 is 0 Å². The van der Waals surface area contributed by atoms with Crippen molar-refractivity contribution in [3.05, 3.63) is 29.6 Å². The summed E-state index contributed by atoms with van der Waals surface area (Å²) in [6.07, 6.45) is 1.92. The quantitative estimate of drug-likeness (QED) is 0.617. The molecule has 0 radical (unpaired) electrons. The zero-order chi connectivity index (χ0) is 13.1. The largest absolute Gasteiger partial charge is 0.382 e. The summed E-state index contributed by atoms with van der Waals surface area (Å²) in [4.78, 5) is 6.53. The number of pyridine rings is 1. The van der Waals surface area contributed by atoms with E-state index in [9.17, 15) is 0 Å². The van der Waals surface area contributed by atoms with Gasteiger partial charge in [0.15, 0.2) is 0 Å². The maximum Gasteiger partial charge on any atom is 0.142 e. The van der Waals surface area contributed by atoms with Gasteiger partial charge >= 0.3 is 0 Å². The first-order valence-electron chi connectivity index (χ1n) is 6.22. The number of nitrogen functional groups attached to an aromatic ring is 1. The van der Waals surface area contributed by atoms with E-state index in [4.69, 9.17) is 15.9 Å². The summed E-state index contributed by atoms with van der Waals surface area (Å²) in [6, 6.07) is 4.24. The van der Waals surface area contributed by atoms with E-state index in [0.717, 1.165) is 25.3 Å². The molecule has 0 saturated carbocycles. The number of hydrogen-bond acceptors (Lipinski definition) is 4. The Morgan fingerprint density at radius 2 is 2.39 bits per heavy atom. The molecule has 1 aromatic heterocycles. The molecule has 1 aliphatic rings. The van der Waals surface area contributed by atoms with Gasteiger partial charge in [-0.25, -0.2) is 0 Å². The van der Waals surface area contributed by atoms with E-state index in [1.54, 1.807) is 6.20 Å². The first kappa shape index (κ1) is 13.0. The van der Waals surface area contributed by atoms with Gasteiger partial charge in [0.05, 0.1) is 12.7 Å². The summed E-state index contributed by atoms with van der Waals surface area (Å²) < 4.78 is 5.61. The average Bonchev–Trinajstić information content (AvgIpc) is 2.34. The molecule has 2 rings (SSSR count). The third-order valence-electron chi connectivity index (χ3n) is 3.26. The molecule has 2 heterocycles. The second-order valence-corrected chi connectivity index (χ2v) is 4.85. The van der Waals surface area contributed by atoms with Gasteiger partial charge in [0.25, 0.3) is 0 Å². The molecule has 3 N–H and O–H groups in total.